The summed E-state index contributed by atoms with van der Waals surface area (Å²) in [7, 11) is -0.0306. The number of carbonyl (C=O) groups excluding carboxylic acids is 1. The Kier molecular flexibility index (Phi) is 5.89. The summed E-state index contributed by atoms with van der Waals surface area (Å²) in [6.45, 7) is 3.27. The third-order valence-corrected chi connectivity index (χ3v) is 9.18. The number of ether oxygens (including phenoxy) is 2. The van der Waals surface area contributed by atoms with Crippen molar-refractivity contribution in [3.8, 4) is 5.75 Å². The minimum Gasteiger partial charge on any atom is -0.495 e. The molecule has 182 valence electrons. The standard InChI is InChI=1S/C24H30N4O5S/c1-15-24(29)27(2)21-14-25-23(13-20(21)28(15)16-8-10-33-11-9-16)26-19-12-18(6-7-22(19)32-3)34(30,31)17-4-5-17/h6-7,12-17H,4-5,8-11H2,1-3H3,(H,25,26)/t15-/m1/s1. The monoisotopic (exact) mass is 486 g/mol. The van der Waals surface area contributed by atoms with Crippen LogP contribution >= 0.6 is 0 Å². The van der Waals surface area contributed by atoms with Crippen LogP contribution in [-0.4, -0.2) is 64.0 Å². The minimum atomic E-state index is -3.34. The van der Waals surface area contributed by atoms with Crippen LogP contribution in [-0.2, 0) is 19.4 Å². The molecule has 9 nitrogen and oxygen atoms in total. The summed E-state index contributed by atoms with van der Waals surface area (Å²) in [4.78, 5) is 21.6. The number of rotatable bonds is 6. The van der Waals surface area contributed by atoms with E-state index in [1.807, 2.05) is 13.0 Å². The Bertz CT molecular complexity index is 1210. The zero-order valence-electron chi connectivity index (χ0n) is 19.7. The summed E-state index contributed by atoms with van der Waals surface area (Å²) in [6, 6.07) is 6.68. The first kappa shape index (κ1) is 22.9. The fourth-order valence-corrected chi connectivity index (χ4v) is 6.53. The average Bonchev–Trinajstić information content (AvgIpc) is 3.70. The number of sulfone groups is 1. The maximum absolute atomic E-state index is 12.9. The highest BCUT2D eigenvalue weighted by atomic mass is 32.2. The topological polar surface area (TPSA) is 101 Å². The van der Waals surface area contributed by atoms with E-state index in [1.165, 1.54) is 0 Å². The van der Waals surface area contributed by atoms with Gasteiger partial charge in [-0.1, -0.05) is 0 Å². The van der Waals surface area contributed by atoms with E-state index in [-0.39, 0.29) is 28.1 Å². The van der Waals surface area contributed by atoms with E-state index in [0.717, 1.165) is 24.2 Å². The van der Waals surface area contributed by atoms with Gasteiger partial charge < -0.3 is 24.6 Å². The van der Waals surface area contributed by atoms with Crippen molar-refractivity contribution in [3.05, 3.63) is 30.5 Å². The van der Waals surface area contributed by atoms with Gasteiger partial charge >= 0.3 is 0 Å². The SMILES string of the molecule is COc1ccc(S(=O)(=O)C2CC2)cc1Nc1cc2c(cn1)N(C)C(=O)[C@@H](C)N2C1CCOCC1. The van der Waals surface area contributed by atoms with E-state index in [0.29, 0.717) is 43.3 Å². The first-order valence-corrected chi connectivity index (χ1v) is 13.2. The molecule has 3 aliphatic rings. The maximum atomic E-state index is 12.9. The Hall–Kier alpha value is -2.85. The van der Waals surface area contributed by atoms with Crippen LogP contribution in [0.4, 0.5) is 22.9 Å². The fraction of sp³-hybridized carbons (Fsp3) is 0.500. The molecule has 5 rings (SSSR count). The number of aromatic nitrogens is 1. The van der Waals surface area contributed by atoms with Gasteiger partial charge in [0.1, 0.15) is 17.6 Å². The molecule has 34 heavy (non-hydrogen) atoms. The molecule has 1 aromatic carbocycles. The summed E-state index contributed by atoms with van der Waals surface area (Å²) in [5.41, 5.74) is 2.19. The largest absolute Gasteiger partial charge is 0.495 e. The van der Waals surface area contributed by atoms with Crippen LogP contribution in [0.5, 0.6) is 5.75 Å². The van der Waals surface area contributed by atoms with Gasteiger partial charge in [-0.05, 0) is 50.8 Å². The predicted octanol–water partition coefficient (Wildman–Crippen LogP) is 3.12. The van der Waals surface area contributed by atoms with Crippen molar-refractivity contribution in [2.24, 2.45) is 0 Å². The molecule has 1 amide bonds. The number of anilines is 4. The van der Waals surface area contributed by atoms with Crippen LogP contribution in [0.2, 0.25) is 0 Å². The number of carbonyl (C=O) groups is 1. The lowest BCUT2D eigenvalue weighted by atomic mass is 10.00. The second-order valence-corrected chi connectivity index (χ2v) is 11.3. The Morgan fingerprint density at radius 3 is 2.53 bits per heavy atom. The third kappa shape index (κ3) is 3.98. The molecule has 1 aliphatic carbocycles. The van der Waals surface area contributed by atoms with Crippen molar-refractivity contribution in [1.29, 1.82) is 0 Å². The summed E-state index contributed by atoms with van der Waals surface area (Å²) < 4.78 is 36.6. The normalized spacial score (nSPS) is 21.4. The van der Waals surface area contributed by atoms with Crippen LogP contribution in [0, 0.1) is 0 Å². The highest BCUT2D eigenvalue weighted by Crippen LogP contribution is 2.41. The van der Waals surface area contributed by atoms with Gasteiger partial charge in [0, 0.05) is 32.4 Å². The Balaban J connectivity index is 1.52. The van der Waals surface area contributed by atoms with Gasteiger partial charge in [0.15, 0.2) is 9.84 Å². The number of hydrogen-bond donors (Lipinski definition) is 1. The number of methoxy groups -OCH3 is 1. The van der Waals surface area contributed by atoms with E-state index >= 15 is 0 Å². The summed E-state index contributed by atoms with van der Waals surface area (Å²) in [6.07, 6.45) is 4.79. The lowest BCUT2D eigenvalue weighted by molar-refractivity contribution is -0.119. The molecule has 10 heteroatoms. The van der Waals surface area contributed by atoms with Gasteiger partial charge in [0.05, 0.1) is 40.5 Å². The lowest BCUT2D eigenvalue weighted by Gasteiger charge is -2.45. The molecular weight excluding hydrogens is 456 g/mol. The molecule has 0 bridgehead atoms. The molecule has 1 saturated carbocycles. The second kappa shape index (κ2) is 8.74. The smallest absolute Gasteiger partial charge is 0.249 e. The third-order valence-electron chi connectivity index (χ3n) is 6.92. The van der Waals surface area contributed by atoms with Crippen molar-refractivity contribution < 1.29 is 22.7 Å². The molecule has 1 atom stereocenters. The van der Waals surface area contributed by atoms with Crippen LogP contribution in [0.25, 0.3) is 0 Å². The zero-order valence-corrected chi connectivity index (χ0v) is 20.5. The van der Waals surface area contributed by atoms with Gasteiger partial charge in [-0.25, -0.2) is 13.4 Å². The molecule has 1 aromatic heterocycles. The van der Waals surface area contributed by atoms with E-state index in [4.69, 9.17) is 9.47 Å². The molecule has 2 fully saturated rings. The van der Waals surface area contributed by atoms with Crippen LogP contribution in [0.3, 0.4) is 0 Å². The minimum absolute atomic E-state index is 0.0288. The summed E-state index contributed by atoms with van der Waals surface area (Å²) in [5.74, 6) is 1.10. The summed E-state index contributed by atoms with van der Waals surface area (Å²) in [5, 5.41) is 2.96. The maximum Gasteiger partial charge on any atom is 0.249 e. The van der Waals surface area contributed by atoms with Gasteiger partial charge in [-0.15, -0.1) is 0 Å². The Morgan fingerprint density at radius 2 is 1.85 bits per heavy atom. The molecule has 0 radical (unpaired) electrons. The number of pyridine rings is 1. The van der Waals surface area contributed by atoms with E-state index in [2.05, 4.69) is 15.2 Å². The van der Waals surface area contributed by atoms with Crippen molar-refractivity contribution in [2.75, 3.05) is 42.5 Å². The lowest BCUT2D eigenvalue weighted by Crippen LogP contribution is -2.55. The molecule has 0 unspecified atom stereocenters. The van der Waals surface area contributed by atoms with Crippen molar-refractivity contribution in [3.63, 3.8) is 0 Å². The molecule has 1 N–H and O–H groups in total. The number of benzene rings is 1. The van der Waals surface area contributed by atoms with Gasteiger partial charge in [-0.3, -0.25) is 4.79 Å². The quantitative estimate of drug-likeness (QED) is 0.665. The molecule has 2 aliphatic heterocycles. The Labute approximate surface area is 200 Å². The highest BCUT2D eigenvalue weighted by Gasteiger charge is 2.39. The number of amides is 1. The van der Waals surface area contributed by atoms with Crippen LogP contribution < -0.4 is 19.9 Å². The first-order valence-electron chi connectivity index (χ1n) is 11.6. The molecule has 0 spiro atoms. The van der Waals surface area contributed by atoms with Crippen LogP contribution in [0.1, 0.15) is 32.6 Å². The number of hydrogen-bond acceptors (Lipinski definition) is 8. The molecule has 1 saturated heterocycles. The van der Waals surface area contributed by atoms with E-state index in [9.17, 15) is 13.2 Å². The van der Waals surface area contributed by atoms with Crippen molar-refractivity contribution in [2.45, 2.75) is 54.8 Å². The summed E-state index contributed by atoms with van der Waals surface area (Å²) >= 11 is 0. The predicted molar refractivity (Wildman–Crippen MR) is 130 cm³/mol. The number of fused-ring (bicyclic) bond motifs is 1. The van der Waals surface area contributed by atoms with Crippen LogP contribution in [0.15, 0.2) is 35.4 Å². The van der Waals surface area contributed by atoms with Gasteiger partial charge in [0.2, 0.25) is 5.91 Å². The van der Waals surface area contributed by atoms with Crippen molar-refractivity contribution in [1.82, 2.24) is 4.98 Å². The van der Waals surface area contributed by atoms with E-state index in [1.54, 1.807) is 43.5 Å². The fourth-order valence-electron chi connectivity index (χ4n) is 4.84. The number of likely N-dealkylation sites (N-methyl/N-ethyl adjacent to an activating group) is 1. The first-order chi connectivity index (χ1) is 16.3. The molecule has 2 aromatic rings. The van der Waals surface area contributed by atoms with Gasteiger partial charge in [-0.2, -0.15) is 0 Å². The van der Waals surface area contributed by atoms with Crippen molar-refractivity contribution >= 4 is 38.6 Å². The highest BCUT2D eigenvalue weighted by molar-refractivity contribution is 7.92. The average molecular weight is 487 g/mol. The van der Waals surface area contributed by atoms with Gasteiger partial charge in [0.25, 0.3) is 0 Å². The molecular formula is C24H30N4O5S. The zero-order chi connectivity index (χ0) is 24.0. The molecule has 3 heterocycles. The van der Waals surface area contributed by atoms with E-state index < -0.39 is 9.84 Å². The number of nitrogens with one attached hydrogen (secondary N) is 1. The Morgan fingerprint density at radius 1 is 1.12 bits per heavy atom. The second-order valence-electron chi connectivity index (χ2n) is 9.11. The number of nitrogens with zero attached hydrogens (tertiary/aromatic N) is 3.